The van der Waals surface area contributed by atoms with Crippen LogP contribution in [0.15, 0.2) is 59.9 Å². The van der Waals surface area contributed by atoms with E-state index in [1.165, 1.54) is 12.0 Å². The molecule has 0 aliphatic heterocycles. The summed E-state index contributed by atoms with van der Waals surface area (Å²) in [7, 11) is 0. The van der Waals surface area contributed by atoms with Crippen molar-refractivity contribution in [3.05, 3.63) is 59.9 Å². The zero-order valence-electron chi connectivity index (χ0n) is 17.9. The quantitative estimate of drug-likeness (QED) is 0.323. The molecule has 0 fully saturated rings. The van der Waals surface area contributed by atoms with Gasteiger partial charge in [0.25, 0.3) is 0 Å². The molecule has 0 heterocycles. The van der Waals surface area contributed by atoms with E-state index < -0.39 is 12.1 Å². The summed E-state index contributed by atoms with van der Waals surface area (Å²) < 4.78 is 10.9. The highest BCUT2D eigenvalue weighted by Crippen LogP contribution is 2.08. The molecule has 0 amide bonds. The minimum Gasteiger partial charge on any atom is -0.493 e. The number of carbonyl (C=O) groups is 1. The number of rotatable bonds is 12. The van der Waals surface area contributed by atoms with Gasteiger partial charge in [-0.1, -0.05) is 56.7 Å². The normalized spacial score (nSPS) is 13.9. The summed E-state index contributed by atoms with van der Waals surface area (Å²) in [6.45, 7) is 12.9. The molecule has 0 aliphatic carbocycles. The number of aliphatic carboxylic acids is 1. The first kappa shape index (κ1) is 27.2. The van der Waals surface area contributed by atoms with E-state index in [4.69, 9.17) is 14.6 Å². The van der Waals surface area contributed by atoms with Crippen LogP contribution in [0.2, 0.25) is 0 Å². The van der Waals surface area contributed by atoms with Gasteiger partial charge in [-0.3, -0.25) is 0 Å². The van der Waals surface area contributed by atoms with Crippen molar-refractivity contribution in [2.75, 3.05) is 13.2 Å². The molecular weight excluding hydrogens is 340 g/mol. The van der Waals surface area contributed by atoms with Crippen molar-refractivity contribution in [2.24, 2.45) is 0 Å². The van der Waals surface area contributed by atoms with Crippen molar-refractivity contribution in [3.8, 4) is 0 Å². The lowest BCUT2D eigenvalue weighted by Crippen LogP contribution is -2.22. The third-order valence-corrected chi connectivity index (χ3v) is 3.13. The van der Waals surface area contributed by atoms with Crippen LogP contribution in [0.5, 0.6) is 0 Å². The van der Waals surface area contributed by atoms with E-state index in [-0.39, 0.29) is 0 Å². The molecule has 4 nitrogen and oxygen atoms in total. The molecule has 0 rings (SSSR count). The molecule has 27 heavy (non-hydrogen) atoms. The van der Waals surface area contributed by atoms with Crippen molar-refractivity contribution in [3.63, 3.8) is 0 Å². The molecule has 0 bridgehead atoms. The van der Waals surface area contributed by atoms with Crippen molar-refractivity contribution in [1.82, 2.24) is 0 Å². The first-order valence-corrected chi connectivity index (χ1v) is 9.75. The molecule has 0 aromatic heterocycles. The molecule has 0 radical (unpaired) electrons. The fourth-order valence-corrected chi connectivity index (χ4v) is 1.95. The molecule has 0 spiro atoms. The van der Waals surface area contributed by atoms with Crippen LogP contribution < -0.4 is 0 Å². The third kappa shape index (κ3) is 17.1. The van der Waals surface area contributed by atoms with Gasteiger partial charge in [0.2, 0.25) is 0 Å². The van der Waals surface area contributed by atoms with Gasteiger partial charge in [0.15, 0.2) is 6.10 Å². The van der Waals surface area contributed by atoms with Crippen LogP contribution in [0.25, 0.3) is 0 Å². The maximum Gasteiger partial charge on any atom is 0.333 e. The Labute approximate surface area is 166 Å². The van der Waals surface area contributed by atoms with Crippen molar-refractivity contribution in [2.45, 2.75) is 66.9 Å². The second-order valence-corrected chi connectivity index (χ2v) is 5.68. The Hall–Kier alpha value is -2.07. The summed E-state index contributed by atoms with van der Waals surface area (Å²) in [6, 6.07) is 0. The Bertz CT molecular complexity index is 510. The smallest absolute Gasteiger partial charge is 0.333 e. The fourth-order valence-electron chi connectivity index (χ4n) is 1.95. The highest BCUT2D eigenvalue weighted by atomic mass is 16.5. The molecule has 0 aliphatic rings. The van der Waals surface area contributed by atoms with E-state index in [2.05, 4.69) is 26.0 Å². The van der Waals surface area contributed by atoms with E-state index in [0.29, 0.717) is 19.6 Å². The predicted molar refractivity (Wildman–Crippen MR) is 115 cm³/mol. The average Bonchev–Trinajstić information content (AvgIpc) is 2.63. The van der Waals surface area contributed by atoms with Crippen molar-refractivity contribution < 1.29 is 19.4 Å². The minimum absolute atomic E-state index is 0.326. The van der Waals surface area contributed by atoms with E-state index >= 15 is 0 Å². The van der Waals surface area contributed by atoms with Crippen molar-refractivity contribution >= 4 is 5.97 Å². The Balaban J connectivity index is 0. The first-order chi connectivity index (χ1) is 13.0. The van der Waals surface area contributed by atoms with Crippen LogP contribution in [0, 0.1) is 0 Å². The van der Waals surface area contributed by atoms with Crippen molar-refractivity contribution in [1.29, 1.82) is 0 Å². The van der Waals surface area contributed by atoms with Crippen LogP contribution in [0.4, 0.5) is 0 Å². The Kier molecular flexibility index (Phi) is 20.4. The fraction of sp³-hybridized carbons (Fsp3) is 0.522. The highest BCUT2D eigenvalue weighted by Gasteiger charge is 2.14. The van der Waals surface area contributed by atoms with Gasteiger partial charge in [-0.2, -0.15) is 0 Å². The van der Waals surface area contributed by atoms with E-state index in [1.807, 2.05) is 45.1 Å². The number of carboxylic acid groups (broad SMARTS) is 1. The van der Waals surface area contributed by atoms with Gasteiger partial charge in [0.05, 0.1) is 6.61 Å². The minimum atomic E-state index is -0.946. The van der Waals surface area contributed by atoms with Gasteiger partial charge >= 0.3 is 5.97 Å². The van der Waals surface area contributed by atoms with Crippen LogP contribution in [-0.4, -0.2) is 30.4 Å². The molecule has 0 saturated heterocycles. The van der Waals surface area contributed by atoms with Gasteiger partial charge in [-0.25, -0.2) is 4.79 Å². The number of carboxylic acids is 1. The number of hydrogen-bond acceptors (Lipinski definition) is 3. The van der Waals surface area contributed by atoms with Crippen LogP contribution >= 0.6 is 0 Å². The maximum absolute atomic E-state index is 11.0. The van der Waals surface area contributed by atoms with Gasteiger partial charge in [-0.05, 0) is 45.4 Å². The molecule has 1 atom stereocenters. The summed E-state index contributed by atoms with van der Waals surface area (Å²) in [5.74, 6) is -0.203. The molecule has 0 unspecified atom stereocenters. The second-order valence-electron chi connectivity index (χ2n) is 5.68. The number of hydrogen-bond donors (Lipinski definition) is 1. The summed E-state index contributed by atoms with van der Waals surface area (Å²) in [5, 5.41) is 9.01. The summed E-state index contributed by atoms with van der Waals surface area (Å²) in [4.78, 5) is 11.0. The molecule has 0 aromatic rings. The van der Waals surface area contributed by atoms with Gasteiger partial charge in [0.1, 0.15) is 5.76 Å². The largest absolute Gasteiger partial charge is 0.493 e. The highest BCUT2D eigenvalue weighted by molar-refractivity contribution is 5.72. The Morgan fingerprint density at radius 2 is 1.70 bits per heavy atom. The summed E-state index contributed by atoms with van der Waals surface area (Å²) in [5.41, 5.74) is 1.23. The SMILES string of the molecule is C/C=C\C(=C/C)CCOC(/C=C\C)=C/C=C/C[C@H](OCC)C(=O)O.CCC. The van der Waals surface area contributed by atoms with Crippen LogP contribution in [0.3, 0.4) is 0 Å². The summed E-state index contributed by atoms with van der Waals surface area (Å²) in [6.07, 6.45) is 17.0. The van der Waals surface area contributed by atoms with Gasteiger partial charge < -0.3 is 14.6 Å². The number of allylic oxidation sites excluding steroid dienone is 7. The standard InChI is InChI=1S/C20H30O4.C3H8/c1-5-11-17(7-3)15-16-24-18(12-6-2)13-9-10-14-19(20(21)22)23-8-4;1-3-2/h5-7,9-13,19H,8,14-16H2,1-4H3,(H,21,22);3H2,1-2H3/b10-9+,11-5-,12-6-,17-7+,18-13+;/t19-;/m0./s1. The molecule has 1 N–H and O–H groups in total. The van der Waals surface area contributed by atoms with E-state index in [0.717, 1.165) is 12.2 Å². The zero-order chi connectivity index (χ0) is 20.9. The van der Waals surface area contributed by atoms with Crippen LogP contribution in [0.1, 0.15) is 60.8 Å². The topological polar surface area (TPSA) is 55.8 Å². The lowest BCUT2D eigenvalue weighted by atomic mass is 10.2. The molecule has 0 aromatic carbocycles. The zero-order valence-corrected chi connectivity index (χ0v) is 17.9. The van der Waals surface area contributed by atoms with E-state index in [1.54, 1.807) is 19.1 Å². The van der Waals surface area contributed by atoms with Crippen LogP contribution in [-0.2, 0) is 14.3 Å². The molecule has 154 valence electrons. The van der Waals surface area contributed by atoms with Gasteiger partial charge in [0, 0.05) is 19.4 Å². The lowest BCUT2D eigenvalue weighted by Gasteiger charge is -2.09. The lowest BCUT2D eigenvalue weighted by molar-refractivity contribution is -0.149. The Morgan fingerprint density at radius 1 is 1.07 bits per heavy atom. The summed E-state index contributed by atoms with van der Waals surface area (Å²) >= 11 is 0. The maximum atomic E-state index is 11.0. The molecule has 0 saturated carbocycles. The molecule has 4 heteroatoms. The number of ether oxygens (including phenoxy) is 2. The average molecular weight is 379 g/mol. The van der Waals surface area contributed by atoms with E-state index in [9.17, 15) is 4.79 Å². The monoisotopic (exact) mass is 378 g/mol. The second kappa shape index (κ2) is 20.2. The van der Waals surface area contributed by atoms with Gasteiger partial charge in [-0.15, -0.1) is 0 Å². The molecular formula is C23H38O4. The predicted octanol–water partition coefficient (Wildman–Crippen LogP) is 6.23. The first-order valence-electron chi connectivity index (χ1n) is 9.75. The third-order valence-electron chi connectivity index (χ3n) is 3.13. The Morgan fingerprint density at radius 3 is 2.19 bits per heavy atom.